The molecule has 182 valence electrons. The van der Waals surface area contributed by atoms with Crippen molar-refractivity contribution in [1.82, 2.24) is 0 Å². The molecule has 35 heavy (non-hydrogen) atoms. The van der Waals surface area contributed by atoms with E-state index in [1.165, 1.54) is 4.90 Å². The molecule has 0 atom stereocenters. The van der Waals surface area contributed by atoms with E-state index in [1.54, 1.807) is 11.8 Å². The average molecular weight is 489 g/mol. The van der Waals surface area contributed by atoms with Crippen molar-refractivity contribution in [3.8, 4) is 16.9 Å². The Balaban J connectivity index is 1.36. The van der Waals surface area contributed by atoms with Crippen LogP contribution in [-0.4, -0.2) is 23.4 Å². The number of benzene rings is 3. The third-order valence-corrected chi connectivity index (χ3v) is 7.13. The van der Waals surface area contributed by atoms with Gasteiger partial charge in [0.15, 0.2) is 0 Å². The Morgan fingerprint density at radius 2 is 1.77 bits per heavy atom. The Morgan fingerprint density at radius 3 is 2.51 bits per heavy atom. The van der Waals surface area contributed by atoms with Crippen molar-refractivity contribution in [1.29, 1.82) is 0 Å². The minimum atomic E-state index is -0.760. The van der Waals surface area contributed by atoms with Gasteiger partial charge in [-0.1, -0.05) is 55.8 Å². The van der Waals surface area contributed by atoms with Crippen LogP contribution in [0.1, 0.15) is 43.7 Å². The summed E-state index contributed by atoms with van der Waals surface area (Å²) in [4.78, 5) is 11.9. The lowest BCUT2D eigenvalue weighted by molar-refractivity contribution is -0.136. The number of carboxylic acid groups (broad SMARTS) is 1. The number of ether oxygens (including phenoxy) is 1. The molecule has 4 aromatic rings. The van der Waals surface area contributed by atoms with Gasteiger partial charge in [-0.25, -0.2) is 0 Å². The van der Waals surface area contributed by atoms with E-state index in [1.807, 2.05) is 24.5 Å². The van der Waals surface area contributed by atoms with Gasteiger partial charge in [0.25, 0.3) is 0 Å². The maximum atomic E-state index is 10.7. The van der Waals surface area contributed by atoms with Crippen molar-refractivity contribution >= 4 is 28.7 Å². The lowest BCUT2D eigenvalue weighted by Gasteiger charge is -2.12. The predicted octanol–water partition coefficient (Wildman–Crippen LogP) is 8.02. The van der Waals surface area contributed by atoms with E-state index >= 15 is 0 Å². The van der Waals surface area contributed by atoms with Crippen LogP contribution < -0.4 is 4.74 Å². The summed E-state index contributed by atoms with van der Waals surface area (Å²) in [5.41, 5.74) is 5.44. The molecule has 0 saturated carbocycles. The molecular weight excluding hydrogens is 456 g/mol. The standard InChI is InChI=1S/C30H32O4S/c1-2-3-10-26-28(17-16-25-27(21-34-30(25)26)23-8-5-4-6-9-23)33-19-7-20-35-24-14-11-22(12-15-24)13-18-29(31)32/h4-6,8-9,11-12,14-17,21H,2-3,7,10,13,18-20H2,1H3,(H,31,32). The zero-order chi connectivity index (χ0) is 24.5. The SMILES string of the molecule is CCCCc1c(OCCCSc2ccc(CCC(=O)O)cc2)ccc2c(-c3ccccc3)coc12. The smallest absolute Gasteiger partial charge is 0.303 e. The molecule has 0 radical (unpaired) electrons. The Hall–Kier alpha value is -3.18. The molecule has 0 aliphatic rings. The minimum Gasteiger partial charge on any atom is -0.493 e. The molecule has 0 unspecified atom stereocenters. The van der Waals surface area contributed by atoms with Gasteiger partial charge in [0.1, 0.15) is 11.3 Å². The van der Waals surface area contributed by atoms with Crippen LogP contribution in [0.2, 0.25) is 0 Å². The number of unbranched alkanes of at least 4 members (excludes halogenated alkanes) is 1. The van der Waals surface area contributed by atoms with Gasteiger partial charge >= 0.3 is 5.97 Å². The summed E-state index contributed by atoms with van der Waals surface area (Å²) >= 11 is 1.80. The lowest BCUT2D eigenvalue weighted by Crippen LogP contribution is -2.02. The summed E-state index contributed by atoms with van der Waals surface area (Å²) < 4.78 is 12.3. The van der Waals surface area contributed by atoms with Gasteiger partial charge in [-0.15, -0.1) is 11.8 Å². The molecule has 0 aliphatic heterocycles. The molecule has 4 nitrogen and oxygen atoms in total. The summed E-state index contributed by atoms with van der Waals surface area (Å²) in [7, 11) is 0. The quantitative estimate of drug-likeness (QED) is 0.152. The molecule has 1 aromatic heterocycles. The minimum absolute atomic E-state index is 0.168. The summed E-state index contributed by atoms with van der Waals surface area (Å²) in [6.07, 6.45) is 6.69. The summed E-state index contributed by atoms with van der Waals surface area (Å²) in [6, 6.07) is 22.7. The van der Waals surface area contributed by atoms with Crippen LogP contribution >= 0.6 is 11.8 Å². The highest BCUT2D eigenvalue weighted by Crippen LogP contribution is 2.37. The van der Waals surface area contributed by atoms with E-state index in [4.69, 9.17) is 14.3 Å². The highest BCUT2D eigenvalue weighted by atomic mass is 32.2. The fourth-order valence-electron chi connectivity index (χ4n) is 4.14. The topological polar surface area (TPSA) is 59.7 Å². The summed E-state index contributed by atoms with van der Waals surface area (Å²) in [5, 5.41) is 9.95. The van der Waals surface area contributed by atoms with E-state index in [0.29, 0.717) is 13.0 Å². The number of carbonyl (C=O) groups is 1. The largest absolute Gasteiger partial charge is 0.493 e. The first-order chi connectivity index (χ1) is 17.2. The second-order valence-electron chi connectivity index (χ2n) is 8.63. The fourth-order valence-corrected chi connectivity index (χ4v) is 4.97. The Labute approximate surface area is 211 Å². The number of hydrogen-bond acceptors (Lipinski definition) is 4. The Kier molecular flexibility index (Phi) is 8.90. The number of fused-ring (bicyclic) bond motifs is 1. The summed E-state index contributed by atoms with van der Waals surface area (Å²) in [5.74, 6) is 1.12. The highest BCUT2D eigenvalue weighted by Gasteiger charge is 2.16. The molecule has 3 aromatic carbocycles. The van der Waals surface area contributed by atoms with Gasteiger partial charge in [-0.05, 0) is 61.1 Å². The van der Waals surface area contributed by atoms with Crippen molar-refractivity contribution in [2.24, 2.45) is 0 Å². The van der Waals surface area contributed by atoms with Crippen LogP contribution in [0, 0.1) is 0 Å². The van der Waals surface area contributed by atoms with E-state index in [-0.39, 0.29) is 6.42 Å². The van der Waals surface area contributed by atoms with E-state index in [9.17, 15) is 4.79 Å². The maximum absolute atomic E-state index is 10.7. The monoisotopic (exact) mass is 488 g/mol. The highest BCUT2D eigenvalue weighted by molar-refractivity contribution is 7.99. The zero-order valence-corrected chi connectivity index (χ0v) is 21.0. The average Bonchev–Trinajstić information content (AvgIpc) is 3.32. The molecule has 0 spiro atoms. The van der Waals surface area contributed by atoms with Crippen molar-refractivity contribution in [2.75, 3.05) is 12.4 Å². The first-order valence-corrected chi connectivity index (χ1v) is 13.3. The molecule has 0 aliphatic carbocycles. The number of aliphatic carboxylic acids is 1. The molecule has 1 heterocycles. The number of rotatable bonds is 13. The van der Waals surface area contributed by atoms with Crippen LogP contribution in [0.4, 0.5) is 0 Å². The molecule has 0 fully saturated rings. The Morgan fingerprint density at radius 1 is 0.971 bits per heavy atom. The molecular formula is C30H32O4S. The normalized spacial score (nSPS) is 11.1. The number of carboxylic acids is 1. The molecule has 0 amide bonds. The Bertz CT molecular complexity index is 1230. The second kappa shape index (κ2) is 12.5. The fraction of sp³-hybridized carbons (Fsp3) is 0.300. The van der Waals surface area contributed by atoms with Crippen LogP contribution in [0.15, 0.2) is 82.3 Å². The van der Waals surface area contributed by atoms with Crippen LogP contribution in [0.25, 0.3) is 22.1 Å². The van der Waals surface area contributed by atoms with Crippen molar-refractivity contribution in [3.05, 3.63) is 84.1 Å². The van der Waals surface area contributed by atoms with Crippen LogP contribution in [0.3, 0.4) is 0 Å². The van der Waals surface area contributed by atoms with Crippen molar-refractivity contribution in [2.45, 2.75) is 50.3 Å². The van der Waals surface area contributed by atoms with Crippen LogP contribution in [0.5, 0.6) is 5.75 Å². The third kappa shape index (κ3) is 6.70. The van der Waals surface area contributed by atoms with Gasteiger partial charge in [0.2, 0.25) is 0 Å². The molecule has 1 N–H and O–H groups in total. The van der Waals surface area contributed by atoms with Crippen molar-refractivity contribution in [3.63, 3.8) is 0 Å². The maximum Gasteiger partial charge on any atom is 0.303 e. The first-order valence-electron chi connectivity index (χ1n) is 12.3. The van der Waals surface area contributed by atoms with Gasteiger partial charge in [-0.2, -0.15) is 0 Å². The van der Waals surface area contributed by atoms with E-state index in [2.05, 4.69) is 55.5 Å². The van der Waals surface area contributed by atoms with Gasteiger partial charge in [-0.3, -0.25) is 4.79 Å². The third-order valence-electron chi connectivity index (χ3n) is 6.03. The number of hydrogen-bond donors (Lipinski definition) is 1. The van der Waals surface area contributed by atoms with Crippen LogP contribution in [-0.2, 0) is 17.6 Å². The number of aryl methyl sites for hydroxylation is 2. The summed E-state index contributed by atoms with van der Waals surface area (Å²) in [6.45, 7) is 2.86. The zero-order valence-electron chi connectivity index (χ0n) is 20.2. The predicted molar refractivity (Wildman–Crippen MR) is 143 cm³/mol. The molecule has 0 saturated heterocycles. The number of furan rings is 1. The molecule has 5 heteroatoms. The first kappa shape index (κ1) is 24.9. The van der Waals surface area contributed by atoms with E-state index < -0.39 is 5.97 Å². The van der Waals surface area contributed by atoms with Gasteiger partial charge in [0, 0.05) is 33.6 Å². The molecule has 4 rings (SSSR count). The number of thioether (sulfide) groups is 1. The van der Waals surface area contributed by atoms with E-state index in [0.717, 1.165) is 70.4 Å². The van der Waals surface area contributed by atoms with Gasteiger partial charge < -0.3 is 14.3 Å². The lowest BCUT2D eigenvalue weighted by atomic mass is 10.00. The van der Waals surface area contributed by atoms with Gasteiger partial charge in [0.05, 0.1) is 12.9 Å². The molecule has 0 bridgehead atoms. The van der Waals surface area contributed by atoms with Crippen molar-refractivity contribution < 1.29 is 19.1 Å². The second-order valence-corrected chi connectivity index (χ2v) is 9.79.